The second-order valence-corrected chi connectivity index (χ2v) is 6.25. The van der Waals surface area contributed by atoms with Gasteiger partial charge in [0.2, 0.25) is 5.95 Å². The molecular weight excluding hydrogens is 332 g/mol. The molecule has 0 aliphatic carbocycles. The van der Waals surface area contributed by atoms with Gasteiger partial charge in [-0.15, -0.1) is 0 Å². The number of para-hydroxylation sites is 1. The largest absolute Gasteiger partial charge is 0.496 e. The SMILES string of the molecule is COc1ccccc1CNC(=O)c1cnc(N2CCN(C)CC2)nc1N. The Morgan fingerprint density at radius 1 is 1.27 bits per heavy atom. The number of hydrogen-bond acceptors (Lipinski definition) is 7. The topological polar surface area (TPSA) is 96.6 Å². The first kappa shape index (κ1) is 17.9. The van der Waals surface area contributed by atoms with E-state index in [9.17, 15) is 4.79 Å². The molecule has 1 saturated heterocycles. The Bertz CT molecular complexity index is 774. The van der Waals surface area contributed by atoms with Gasteiger partial charge >= 0.3 is 0 Å². The molecule has 8 heteroatoms. The third kappa shape index (κ3) is 4.02. The van der Waals surface area contributed by atoms with E-state index in [4.69, 9.17) is 10.5 Å². The standard InChI is InChI=1S/C18H24N6O2/c1-23-7-9-24(10-8-23)18-21-12-14(16(19)22-18)17(25)20-11-13-5-3-4-6-15(13)26-2/h3-6,12H,7-11H2,1-2H3,(H,20,25)(H2,19,21,22). The van der Waals surface area contributed by atoms with Gasteiger partial charge in [-0.3, -0.25) is 4.79 Å². The Morgan fingerprint density at radius 3 is 2.69 bits per heavy atom. The van der Waals surface area contributed by atoms with Crippen molar-refractivity contribution in [2.24, 2.45) is 0 Å². The number of carbonyl (C=O) groups is 1. The van der Waals surface area contributed by atoms with Gasteiger partial charge in [-0.05, 0) is 13.1 Å². The minimum Gasteiger partial charge on any atom is -0.496 e. The van der Waals surface area contributed by atoms with Crippen molar-refractivity contribution in [1.82, 2.24) is 20.2 Å². The van der Waals surface area contributed by atoms with Gasteiger partial charge in [0.1, 0.15) is 11.6 Å². The molecule has 1 fully saturated rings. The van der Waals surface area contributed by atoms with E-state index in [1.807, 2.05) is 24.3 Å². The first-order chi connectivity index (χ1) is 12.6. The summed E-state index contributed by atoms with van der Waals surface area (Å²) < 4.78 is 5.29. The summed E-state index contributed by atoms with van der Waals surface area (Å²) in [4.78, 5) is 25.4. The number of nitrogen functional groups attached to an aromatic ring is 1. The van der Waals surface area contributed by atoms with Crippen LogP contribution in [0, 0.1) is 0 Å². The quantitative estimate of drug-likeness (QED) is 0.816. The van der Waals surface area contributed by atoms with Gasteiger partial charge in [0.15, 0.2) is 0 Å². The van der Waals surface area contributed by atoms with Crippen LogP contribution in [0.2, 0.25) is 0 Å². The number of benzene rings is 1. The highest BCUT2D eigenvalue weighted by Gasteiger charge is 2.19. The van der Waals surface area contributed by atoms with E-state index in [0.717, 1.165) is 37.5 Å². The van der Waals surface area contributed by atoms with Crippen LogP contribution in [0.3, 0.4) is 0 Å². The van der Waals surface area contributed by atoms with Crippen molar-refractivity contribution in [2.75, 3.05) is 51.0 Å². The molecule has 0 saturated carbocycles. The average molecular weight is 356 g/mol. The van der Waals surface area contributed by atoms with Crippen molar-refractivity contribution in [2.45, 2.75) is 6.54 Å². The normalized spacial score (nSPS) is 14.9. The van der Waals surface area contributed by atoms with Gasteiger partial charge in [-0.2, -0.15) is 4.98 Å². The van der Waals surface area contributed by atoms with Crippen LogP contribution < -0.4 is 20.7 Å². The molecule has 26 heavy (non-hydrogen) atoms. The summed E-state index contributed by atoms with van der Waals surface area (Å²) in [5.74, 6) is 1.17. The summed E-state index contributed by atoms with van der Waals surface area (Å²) in [6, 6.07) is 7.53. The molecule has 0 atom stereocenters. The van der Waals surface area contributed by atoms with Crippen molar-refractivity contribution in [3.63, 3.8) is 0 Å². The number of aromatic nitrogens is 2. The van der Waals surface area contributed by atoms with Crippen LogP contribution in [0.25, 0.3) is 0 Å². The third-order valence-electron chi connectivity index (χ3n) is 4.47. The highest BCUT2D eigenvalue weighted by Crippen LogP contribution is 2.18. The van der Waals surface area contributed by atoms with Crippen molar-refractivity contribution >= 4 is 17.7 Å². The zero-order valence-electron chi connectivity index (χ0n) is 15.1. The molecule has 1 aromatic heterocycles. The average Bonchev–Trinajstić information content (AvgIpc) is 2.66. The second kappa shape index (κ2) is 8.01. The fourth-order valence-electron chi connectivity index (χ4n) is 2.84. The number of amides is 1. The summed E-state index contributed by atoms with van der Waals surface area (Å²) in [5, 5.41) is 2.84. The molecule has 1 aliphatic rings. The Labute approximate surface area is 153 Å². The number of hydrogen-bond donors (Lipinski definition) is 2. The van der Waals surface area contributed by atoms with E-state index >= 15 is 0 Å². The van der Waals surface area contributed by atoms with Gasteiger partial charge in [0, 0.05) is 44.5 Å². The third-order valence-corrected chi connectivity index (χ3v) is 4.47. The van der Waals surface area contributed by atoms with E-state index in [-0.39, 0.29) is 17.3 Å². The monoisotopic (exact) mass is 356 g/mol. The van der Waals surface area contributed by atoms with Gasteiger partial charge in [0.25, 0.3) is 5.91 Å². The zero-order valence-corrected chi connectivity index (χ0v) is 15.1. The molecule has 3 N–H and O–H groups in total. The number of ether oxygens (including phenoxy) is 1. The van der Waals surface area contributed by atoms with E-state index in [1.54, 1.807) is 7.11 Å². The Balaban J connectivity index is 1.66. The number of piperazine rings is 1. The molecule has 2 aromatic rings. The lowest BCUT2D eigenvalue weighted by molar-refractivity contribution is 0.0951. The van der Waals surface area contributed by atoms with Crippen LogP contribution in [0.15, 0.2) is 30.5 Å². The molecule has 0 unspecified atom stereocenters. The molecular formula is C18H24N6O2. The molecule has 1 aromatic carbocycles. The van der Waals surface area contributed by atoms with Gasteiger partial charge < -0.3 is 25.6 Å². The van der Waals surface area contributed by atoms with Crippen LogP contribution in [-0.2, 0) is 6.54 Å². The number of anilines is 2. The van der Waals surface area contributed by atoms with Crippen molar-refractivity contribution in [1.29, 1.82) is 0 Å². The molecule has 3 rings (SSSR count). The highest BCUT2D eigenvalue weighted by atomic mass is 16.5. The molecule has 0 spiro atoms. The number of carbonyl (C=O) groups excluding carboxylic acids is 1. The van der Waals surface area contributed by atoms with Gasteiger partial charge in [-0.25, -0.2) is 4.98 Å². The van der Waals surface area contributed by atoms with Crippen molar-refractivity contribution in [3.8, 4) is 5.75 Å². The molecule has 2 heterocycles. The Morgan fingerprint density at radius 2 is 2.00 bits per heavy atom. The maximum Gasteiger partial charge on any atom is 0.256 e. The molecule has 0 radical (unpaired) electrons. The minimum atomic E-state index is -0.307. The summed E-state index contributed by atoms with van der Waals surface area (Å²) in [6.07, 6.45) is 1.49. The fraction of sp³-hybridized carbons (Fsp3) is 0.389. The molecule has 1 aliphatic heterocycles. The number of nitrogens with one attached hydrogen (secondary N) is 1. The van der Waals surface area contributed by atoms with Gasteiger partial charge in [0.05, 0.1) is 12.7 Å². The fourth-order valence-corrected chi connectivity index (χ4v) is 2.84. The number of nitrogens with zero attached hydrogens (tertiary/aromatic N) is 4. The number of nitrogens with two attached hydrogens (primary N) is 1. The molecule has 8 nitrogen and oxygen atoms in total. The lowest BCUT2D eigenvalue weighted by Crippen LogP contribution is -2.45. The molecule has 0 bridgehead atoms. The van der Waals surface area contributed by atoms with Crippen LogP contribution in [0.1, 0.15) is 15.9 Å². The van der Waals surface area contributed by atoms with E-state index in [0.29, 0.717) is 12.5 Å². The highest BCUT2D eigenvalue weighted by molar-refractivity contribution is 5.98. The smallest absolute Gasteiger partial charge is 0.256 e. The van der Waals surface area contributed by atoms with E-state index in [2.05, 4.69) is 32.1 Å². The van der Waals surface area contributed by atoms with E-state index in [1.165, 1.54) is 6.20 Å². The Hall–Kier alpha value is -2.87. The number of methoxy groups -OCH3 is 1. The first-order valence-electron chi connectivity index (χ1n) is 8.54. The zero-order chi connectivity index (χ0) is 18.5. The van der Waals surface area contributed by atoms with Crippen LogP contribution >= 0.6 is 0 Å². The summed E-state index contributed by atoms with van der Waals surface area (Å²) in [6.45, 7) is 3.92. The molecule has 138 valence electrons. The number of likely N-dealkylation sites (N-methyl/N-ethyl adjacent to an activating group) is 1. The second-order valence-electron chi connectivity index (χ2n) is 6.25. The predicted octanol–water partition coefficient (Wildman–Crippen LogP) is 0.749. The minimum absolute atomic E-state index is 0.187. The summed E-state index contributed by atoms with van der Waals surface area (Å²) in [5.41, 5.74) is 7.17. The molecule has 1 amide bonds. The van der Waals surface area contributed by atoms with E-state index < -0.39 is 0 Å². The summed E-state index contributed by atoms with van der Waals surface area (Å²) >= 11 is 0. The van der Waals surface area contributed by atoms with Gasteiger partial charge in [-0.1, -0.05) is 18.2 Å². The van der Waals surface area contributed by atoms with Crippen molar-refractivity contribution < 1.29 is 9.53 Å². The Kier molecular flexibility index (Phi) is 5.52. The summed E-state index contributed by atoms with van der Waals surface area (Å²) in [7, 11) is 3.69. The lowest BCUT2D eigenvalue weighted by atomic mass is 10.2. The first-order valence-corrected chi connectivity index (χ1v) is 8.54. The van der Waals surface area contributed by atoms with Crippen LogP contribution in [-0.4, -0.2) is 61.1 Å². The maximum atomic E-state index is 12.4. The lowest BCUT2D eigenvalue weighted by Gasteiger charge is -2.32. The van der Waals surface area contributed by atoms with Crippen molar-refractivity contribution in [3.05, 3.63) is 41.6 Å². The number of rotatable bonds is 5. The maximum absolute atomic E-state index is 12.4. The van der Waals surface area contributed by atoms with Crippen LogP contribution in [0.5, 0.6) is 5.75 Å². The predicted molar refractivity (Wildman–Crippen MR) is 100 cm³/mol. The van der Waals surface area contributed by atoms with Crippen LogP contribution in [0.4, 0.5) is 11.8 Å².